The number of hydrogen-bond donors (Lipinski definition) is 1. The summed E-state index contributed by atoms with van der Waals surface area (Å²) in [5.41, 5.74) is 0.385. The Hall–Kier alpha value is -2.56. The van der Waals surface area contributed by atoms with Gasteiger partial charge in [0.2, 0.25) is 0 Å². The largest absolute Gasteiger partial charge is 0.377 e. The number of sulfone groups is 1. The van der Waals surface area contributed by atoms with Crippen LogP contribution in [0.1, 0.15) is 29.0 Å². The molecule has 2 atom stereocenters. The second-order valence-electron chi connectivity index (χ2n) is 7.10. The molecule has 31 heavy (non-hydrogen) atoms. The maximum atomic E-state index is 14.5. The van der Waals surface area contributed by atoms with E-state index in [9.17, 15) is 17.6 Å². The Balaban J connectivity index is 1.76. The van der Waals surface area contributed by atoms with Crippen LogP contribution in [0.2, 0.25) is 5.02 Å². The highest BCUT2D eigenvalue weighted by atomic mass is 35.5. The highest BCUT2D eigenvalue weighted by Gasteiger charge is 2.30. The van der Waals surface area contributed by atoms with Crippen molar-refractivity contribution in [1.29, 1.82) is 0 Å². The first-order chi connectivity index (χ1) is 14.7. The molecule has 0 saturated carbocycles. The molecule has 166 valence electrons. The summed E-state index contributed by atoms with van der Waals surface area (Å²) >= 11 is 6.23. The molecule has 8 nitrogen and oxygen atoms in total. The van der Waals surface area contributed by atoms with E-state index in [4.69, 9.17) is 16.3 Å². The monoisotopic (exact) mass is 468 g/mol. The van der Waals surface area contributed by atoms with E-state index in [2.05, 4.69) is 15.3 Å². The fraction of sp³-hybridized carbons (Fsp3) is 0.350. The van der Waals surface area contributed by atoms with Crippen molar-refractivity contribution in [2.75, 3.05) is 30.9 Å². The van der Waals surface area contributed by atoms with Crippen molar-refractivity contribution < 1.29 is 22.3 Å². The second-order valence-corrected chi connectivity index (χ2v) is 9.44. The second kappa shape index (κ2) is 9.71. The van der Waals surface area contributed by atoms with Crippen LogP contribution in [0.15, 0.2) is 42.1 Å². The van der Waals surface area contributed by atoms with Crippen LogP contribution in [0.5, 0.6) is 0 Å². The van der Waals surface area contributed by atoms with Gasteiger partial charge in [0.05, 0.1) is 31.6 Å². The van der Waals surface area contributed by atoms with E-state index in [0.29, 0.717) is 29.6 Å². The fourth-order valence-electron chi connectivity index (χ4n) is 3.12. The predicted octanol–water partition coefficient (Wildman–Crippen LogP) is 2.52. The third-order valence-corrected chi connectivity index (χ3v) is 5.58. The van der Waals surface area contributed by atoms with Gasteiger partial charge in [-0.25, -0.2) is 22.8 Å². The van der Waals surface area contributed by atoms with Crippen molar-refractivity contribution in [3.05, 3.63) is 64.2 Å². The summed E-state index contributed by atoms with van der Waals surface area (Å²) < 4.78 is 42.3. The number of halogens is 2. The quantitative estimate of drug-likeness (QED) is 0.695. The molecule has 2 aromatic rings. The van der Waals surface area contributed by atoms with Gasteiger partial charge in [0.25, 0.3) is 5.91 Å². The molecule has 0 bridgehead atoms. The molecule has 1 aliphatic heterocycles. The van der Waals surface area contributed by atoms with Crippen LogP contribution < -0.4 is 10.2 Å². The topological polar surface area (TPSA) is 101 Å². The number of benzene rings is 1. The van der Waals surface area contributed by atoms with Crippen molar-refractivity contribution in [2.45, 2.75) is 19.0 Å². The molecule has 1 aromatic heterocycles. The zero-order chi connectivity index (χ0) is 22.6. The summed E-state index contributed by atoms with van der Waals surface area (Å²) in [6.45, 7) is 2.74. The average Bonchev–Trinajstić information content (AvgIpc) is 2.72. The lowest BCUT2D eigenvalue weighted by Gasteiger charge is -2.37. The lowest BCUT2D eigenvalue weighted by atomic mass is 10.0. The number of amides is 1. The summed E-state index contributed by atoms with van der Waals surface area (Å²) in [4.78, 5) is 22.7. The molecule has 3 rings (SSSR count). The van der Waals surface area contributed by atoms with Crippen LogP contribution in [0.25, 0.3) is 0 Å². The van der Waals surface area contributed by atoms with Crippen LogP contribution >= 0.6 is 11.6 Å². The van der Waals surface area contributed by atoms with E-state index in [-0.39, 0.29) is 12.3 Å². The predicted molar refractivity (Wildman–Crippen MR) is 115 cm³/mol. The molecule has 1 aliphatic rings. The van der Waals surface area contributed by atoms with Crippen LogP contribution in [0, 0.1) is 5.82 Å². The van der Waals surface area contributed by atoms with Gasteiger partial charge in [0, 0.05) is 34.8 Å². The maximum absolute atomic E-state index is 14.5. The van der Waals surface area contributed by atoms with E-state index in [1.807, 2.05) is 4.90 Å². The SMILES string of the molecule is C[C@H](/C=C/S(C)(=O)=O)NC(=O)c1cnc(N2CCOC[C@H]2c2c(F)cccc2Cl)cn1. The minimum absolute atomic E-state index is 0.0667. The van der Waals surface area contributed by atoms with Gasteiger partial charge in [-0.05, 0) is 19.1 Å². The average molecular weight is 469 g/mol. The van der Waals surface area contributed by atoms with Gasteiger partial charge >= 0.3 is 0 Å². The van der Waals surface area contributed by atoms with Gasteiger partial charge in [-0.1, -0.05) is 23.7 Å². The van der Waals surface area contributed by atoms with E-state index < -0.39 is 33.6 Å². The van der Waals surface area contributed by atoms with Gasteiger partial charge in [0.1, 0.15) is 17.3 Å². The number of ether oxygens (including phenoxy) is 1. The molecule has 11 heteroatoms. The Bertz CT molecular complexity index is 1060. The molecule has 0 aliphatic carbocycles. The molecular weight excluding hydrogens is 447 g/mol. The zero-order valence-electron chi connectivity index (χ0n) is 17.0. The molecule has 2 heterocycles. The number of anilines is 1. The molecular formula is C20H22ClFN4O4S. The number of aromatic nitrogens is 2. The Labute approximate surface area is 185 Å². The van der Waals surface area contributed by atoms with Crippen LogP contribution in [-0.4, -0.2) is 56.3 Å². The number of nitrogens with one attached hydrogen (secondary N) is 1. The van der Waals surface area contributed by atoms with Crippen molar-refractivity contribution in [1.82, 2.24) is 15.3 Å². The first-order valence-corrected chi connectivity index (χ1v) is 11.8. The number of nitrogens with zero attached hydrogens (tertiary/aromatic N) is 3. The summed E-state index contributed by atoms with van der Waals surface area (Å²) in [5.74, 6) is -0.484. The van der Waals surface area contributed by atoms with E-state index in [1.54, 1.807) is 13.0 Å². The highest BCUT2D eigenvalue weighted by molar-refractivity contribution is 7.93. The fourth-order valence-corrected chi connectivity index (χ4v) is 3.93. The summed E-state index contributed by atoms with van der Waals surface area (Å²) in [6, 6.07) is 3.49. The maximum Gasteiger partial charge on any atom is 0.271 e. The summed E-state index contributed by atoms with van der Waals surface area (Å²) in [6.07, 6.45) is 5.17. The van der Waals surface area contributed by atoms with Gasteiger partial charge in [0.15, 0.2) is 9.84 Å². The minimum Gasteiger partial charge on any atom is -0.377 e. The molecule has 1 N–H and O–H groups in total. The third kappa shape index (κ3) is 5.99. The number of carbonyl (C=O) groups is 1. The van der Waals surface area contributed by atoms with Crippen molar-refractivity contribution in [3.63, 3.8) is 0 Å². The summed E-state index contributed by atoms with van der Waals surface area (Å²) in [5, 5.41) is 3.94. The highest BCUT2D eigenvalue weighted by Crippen LogP contribution is 2.34. The third-order valence-electron chi connectivity index (χ3n) is 4.60. The molecule has 1 saturated heterocycles. The number of rotatable bonds is 6. The lowest BCUT2D eigenvalue weighted by molar-refractivity contribution is 0.0923. The standard InChI is InChI=1S/C20H22ClFN4O4S/c1-13(6-9-31(2,28)29)25-20(27)16-10-24-18(11-23-16)26-7-8-30-12-17(26)19-14(21)4-3-5-15(19)22/h3-6,9-11,13,17H,7-8,12H2,1-2H3,(H,25,27)/b9-6+/t13-,17+/m1/s1. The van der Waals surface area contributed by atoms with E-state index in [1.165, 1.54) is 30.6 Å². The van der Waals surface area contributed by atoms with Crippen molar-refractivity contribution >= 4 is 33.2 Å². The Morgan fingerprint density at radius 3 is 2.81 bits per heavy atom. The molecule has 1 fully saturated rings. The molecule has 0 unspecified atom stereocenters. The van der Waals surface area contributed by atoms with Crippen molar-refractivity contribution in [3.8, 4) is 0 Å². The first kappa shape index (κ1) is 23.1. The zero-order valence-corrected chi connectivity index (χ0v) is 18.5. The minimum atomic E-state index is -3.28. The van der Waals surface area contributed by atoms with Crippen LogP contribution in [-0.2, 0) is 14.6 Å². The molecule has 0 radical (unpaired) electrons. The molecule has 1 amide bonds. The van der Waals surface area contributed by atoms with Gasteiger partial charge in [-0.2, -0.15) is 0 Å². The lowest BCUT2D eigenvalue weighted by Crippen LogP contribution is -2.41. The molecule has 0 spiro atoms. The smallest absolute Gasteiger partial charge is 0.271 e. The Morgan fingerprint density at radius 1 is 1.39 bits per heavy atom. The number of hydrogen-bond acceptors (Lipinski definition) is 7. The Kier molecular flexibility index (Phi) is 7.24. The summed E-state index contributed by atoms with van der Waals surface area (Å²) in [7, 11) is -3.28. The number of carbonyl (C=O) groups excluding carboxylic acids is 1. The van der Waals surface area contributed by atoms with Crippen LogP contribution in [0.4, 0.5) is 10.2 Å². The molecule has 1 aromatic carbocycles. The van der Waals surface area contributed by atoms with E-state index >= 15 is 0 Å². The van der Waals surface area contributed by atoms with E-state index in [0.717, 1.165) is 11.7 Å². The van der Waals surface area contributed by atoms with Gasteiger partial charge in [-0.3, -0.25) is 4.79 Å². The van der Waals surface area contributed by atoms with Gasteiger partial charge in [-0.15, -0.1) is 0 Å². The van der Waals surface area contributed by atoms with Crippen molar-refractivity contribution in [2.24, 2.45) is 0 Å². The van der Waals surface area contributed by atoms with Crippen LogP contribution in [0.3, 0.4) is 0 Å². The first-order valence-electron chi connectivity index (χ1n) is 9.45. The Morgan fingerprint density at radius 2 is 2.16 bits per heavy atom. The number of morpholine rings is 1. The normalized spacial score (nSPS) is 18.2. The van der Waals surface area contributed by atoms with Gasteiger partial charge < -0.3 is 15.0 Å².